The van der Waals surface area contributed by atoms with E-state index in [9.17, 15) is 19.8 Å². The van der Waals surface area contributed by atoms with Crippen LogP contribution in [0.1, 0.15) is 0 Å². The predicted molar refractivity (Wildman–Crippen MR) is 62.8 cm³/mol. The molecular formula is C14H10N2O4. The van der Waals surface area contributed by atoms with E-state index in [1.807, 2.05) is 24.8 Å². The van der Waals surface area contributed by atoms with Crippen LogP contribution in [0.4, 0.5) is 0 Å². The molecule has 2 aromatic heterocycles. The Hall–Kier alpha value is -3.20. The minimum atomic E-state index is -1.73. The van der Waals surface area contributed by atoms with Gasteiger partial charge in [-0.1, -0.05) is 0 Å². The number of carboxylic acid groups (broad SMARTS) is 2. The Kier molecular flexibility index (Phi) is 5.94. The molecule has 2 rings (SSSR count). The largest absolute Gasteiger partial charge is 0.537 e. The lowest BCUT2D eigenvalue weighted by atomic mass is 10.1. The summed E-state index contributed by atoms with van der Waals surface area (Å²) in [5, 5.41) is 18.7. The Morgan fingerprint density at radius 3 is 1.30 bits per heavy atom. The first-order valence-electron chi connectivity index (χ1n) is 5.46. The molecule has 100 valence electrons. The van der Waals surface area contributed by atoms with Crippen molar-refractivity contribution in [2.75, 3.05) is 0 Å². The number of hydrogen-bond donors (Lipinski definition) is 0. The van der Waals surface area contributed by atoms with Crippen LogP contribution >= 0.6 is 0 Å². The van der Waals surface area contributed by atoms with Gasteiger partial charge in [0.15, 0.2) is 24.8 Å². The number of nitrogens with one attached hydrogen (secondary N) is 2. The van der Waals surface area contributed by atoms with Gasteiger partial charge in [0.25, 0.3) is 0 Å². The van der Waals surface area contributed by atoms with Crippen molar-refractivity contribution in [3.63, 3.8) is 0 Å². The van der Waals surface area contributed by atoms with Gasteiger partial charge in [0.1, 0.15) is 11.9 Å². The first-order chi connectivity index (χ1) is 9.59. The molecule has 0 aliphatic carbocycles. The Morgan fingerprint density at radius 2 is 1.05 bits per heavy atom. The smallest absolute Gasteiger partial charge is 0.167 e. The van der Waals surface area contributed by atoms with Gasteiger partial charge >= 0.3 is 0 Å². The molecular weight excluding hydrogens is 260 g/mol. The highest BCUT2D eigenvalue weighted by atomic mass is 16.4. The van der Waals surface area contributed by atoms with Crippen LogP contribution in [0.15, 0.2) is 49.1 Å². The van der Waals surface area contributed by atoms with Crippen LogP contribution in [-0.4, -0.2) is 11.9 Å². The van der Waals surface area contributed by atoms with Crippen molar-refractivity contribution < 1.29 is 29.8 Å². The summed E-state index contributed by atoms with van der Waals surface area (Å²) in [7, 11) is 0. The molecule has 2 N–H and O–H groups in total. The summed E-state index contributed by atoms with van der Waals surface area (Å²) in [6.07, 6.45) is 7.69. The number of hydrogen-bond acceptors (Lipinski definition) is 4. The van der Waals surface area contributed by atoms with Gasteiger partial charge < -0.3 is 19.8 Å². The number of pyridine rings is 2. The molecule has 6 nitrogen and oxygen atoms in total. The molecule has 6 heteroatoms. The van der Waals surface area contributed by atoms with E-state index in [2.05, 4.69) is 34.2 Å². The van der Waals surface area contributed by atoms with Crippen LogP contribution in [0.3, 0.4) is 0 Å². The van der Waals surface area contributed by atoms with Crippen molar-refractivity contribution in [2.24, 2.45) is 0 Å². The predicted octanol–water partition coefficient (Wildman–Crippen LogP) is -2.53. The van der Waals surface area contributed by atoms with Crippen molar-refractivity contribution in [1.29, 1.82) is 0 Å². The molecule has 0 aliphatic heterocycles. The Morgan fingerprint density at radius 1 is 0.750 bits per heavy atom. The highest BCUT2D eigenvalue weighted by molar-refractivity contribution is 5.94. The lowest BCUT2D eigenvalue weighted by Gasteiger charge is -1.93. The average Bonchev–Trinajstić information content (AvgIpc) is 2.48. The van der Waals surface area contributed by atoms with E-state index in [1.165, 1.54) is 23.0 Å². The summed E-state index contributed by atoms with van der Waals surface area (Å²) in [5.74, 6) is -0.978. The van der Waals surface area contributed by atoms with Gasteiger partial charge in [-0.3, -0.25) is 0 Å². The van der Waals surface area contributed by atoms with Crippen molar-refractivity contribution >= 4 is 11.9 Å². The fourth-order valence-electron chi connectivity index (χ4n) is 1.26. The van der Waals surface area contributed by atoms with Crippen LogP contribution in [0.5, 0.6) is 0 Å². The monoisotopic (exact) mass is 270 g/mol. The third kappa shape index (κ3) is 5.93. The number of aromatic nitrogens is 2. The molecule has 0 fully saturated rings. The van der Waals surface area contributed by atoms with Gasteiger partial charge in [0, 0.05) is 24.3 Å². The molecule has 0 radical (unpaired) electrons. The number of H-pyrrole nitrogens is 2. The van der Waals surface area contributed by atoms with Crippen LogP contribution < -0.4 is 20.2 Å². The minimum Gasteiger partial charge on any atom is -0.537 e. The van der Waals surface area contributed by atoms with Gasteiger partial charge in [-0.15, -0.1) is 0 Å². The number of aromatic amines is 2. The molecule has 2 aromatic rings. The molecule has 0 aliphatic rings. The van der Waals surface area contributed by atoms with Crippen LogP contribution in [0.2, 0.25) is 0 Å². The molecule has 20 heavy (non-hydrogen) atoms. The second-order valence-electron chi connectivity index (χ2n) is 3.40. The normalized spacial score (nSPS) is 8.40. The average molecular weight is 270 g/mol. The number of carbonyl (C=O) groups is 2. The number of rotatable bonds is 1. The SMILES string of the molecule is O=C([O-])C#CC(=O)[O-].c1cc(-c2cc[nH+]cc2)cc[nH+]1. The lowest BCUT2D eigenvalue weighted by molar-refractivity contribution is -0.378. The molecule has 0 spiro atoms. The first-order valence-corrected chi connectivity index (χ1v) is 5.46. The fourth-order valence-corrected chi connectivity index (χ4v) is 1.26. The molecule has 0 unspecified atom stereocenters. The molecule has 2 heterocycles. The summed E-state index contributed by atoms with van der Waals surface area (Å²) in [5.41, 5.74) is 2.45. The van der Waals surface area contributed by atoms with Gasteiger partial charge in [0.2, 0.25) is 0 Å². The summed E-state index contributed by atoms with van der Waals surface area (Å²) in [4.78, 5) is 24.6. The second kappa shape index (κ2) is 8.00. The summed E-state index contributed by atoms with van der Waals surface area (Å²) in [6, 6.07) is 8.20. The van der Waals surface area contributed by atoms with Gasteiger partial charge in [0.05, 0.1) is 0 Å². The maximum atomic E-state index is 9.33. The summed E-state index contributed by atoms with van der Waals surface area (Å²) < 4.78 is 0. The molecule has 0 aromatic carbocycles. The van der Waals surface area contributed by atoms with Crippen LogP contribution in [-0.2, 0) is 9.59 Å². The molecule has 0 saturated carbocycles. The van der Waals surface area contributed by atoms with Crippen molar-refractivity contribution in [3.05, 3.63) is 49.1 Å². The van der Waals surface area contributed by atoms with E-state index in [-0.39, 0.29) is 0 Å². The Bertz CT molecular complexity index is 575. The quantitative estimate of drug-likeness (QED) is 0.532. The number of carbonyl (C=O) groups excluding carboxylic acids is 2. The first kappa shape index (κ1) is 14.9. The van der Waals surface area contributed by atoms with Crippen LogP contribution in [0.25, 0.3) is 11.1 Å². The maximum absolute atomic E-state index is 9.33. The van der Waals surface area contributed by atoms with E-state index in [4.69, 9.17) is 0 Å². The van der Waals surface area contributed by atoms with Gasteiger partial charge in [-0.05, 0) is 23.0 Å². The summed E-state index contributed by atoms with van der Waals surface area (Å²) >= 11 is 0. The molecule has 0 saturated heterocycles. The van der Waals surface area contributed by atoms with Gasteiger partial charge in [-0.2, -0.15) is 0 Å². The molecule has 0 bridgehead atoms. The zero-order valence-corrected chi connectivity index (χ0v) is 10.3. The van der Waals surface area contributed by atoms with E-state index < -0.39 is 11.9 Å². The molecule has 0 atom stereocenters. The van der Waals surface area contributed by atoms with E-state index >= 15 is 0 Å². The van der Waals surface area contributed by atoms with Crippen molar-refractivity contribution in [1.82, 2.24) is 0 Å². The van der Waals surface area contributed by atoms with E-state index in [0.717, 1.165) is 0 Å². The standard InChI is InChI=1S/C10H8N2.C4H2O4/c1-5-11-6-2-9(1)10-3-7-12-8-4-10;5-3(6)1-2-4(7)8/h1-8H;(H,5,6)(H,7,8). The number of carboxylic acids is 2. The van der Waals surface area contributed by atoms with Crippen molar-refractivity contribution in [3.8, 4) is 23.0 Å². The summed E-state index contributed by atoms with van der Waals surface area (Å²) in [6.45, 7) is 0. The van der Waals surface area contributed by atoms with Gasteiger partial charge in [-0.25, -0.2) is 9.97 Å². The lowest BCUT2D eigenvalue weighted by Crippen LogP contribution is -2.23. The second-order valence-corrected chi connectivity index (χ2v) is 3.40. The zero-order chi connectivity index (χ0) is 14.8. The topological polar surface area (TPSA) is 109 Å². The fraction of sp³-hybridized carbons (Fsp3) is 0. The zero-order valence-electron chi connectivity index (χ0n) is 10.3. The Balaban J connectivity index is 0.000000221. The Labute approximate surface area is 114 Å². The van der Waals surface area contributed by atoms with Crippen LogP contribution in [0, 0.1) is 11.8 Å². The minimum absolute atomic E-state index is 1.22. The third-order valence-electron chi connectivity index (χ3n) is 2.04. The molecule has 0 amide bonds. The maximum Gasteiger partial charge on any atom is 0.167 e. The van der Waals surface area contributed by atoms with Crippen molar-refractivity contribution in [2.45, 2.75) is 0 Å². The highest BCUT2D eigenvalue weighted by Gasteiger charge is 1.97. The van der Waals surface area contributed by atoms with E-state index in [1.54, 1.807) is 0 Å². The highest BCUT2D eigenvalue weighted by Crippen LogP contribution is 2.14. The third-order valence-corrected chi connectivity index (χ3v) is 2.04. The number of aliphatic carboxylic acids is 2. The van der Waals surface area contributed by atoms with E-state index in [0.29, 0.717) is 0 Å².